The van der Waals surface area contributed by atoms with Gasteiger partial charge in [0.1, 0.15) is 11.6 Å². The molecular formula is C16H21N3O3. The van der Waals surface area contributed by atoms with Gasteiger partial charge < -0.3 is 20.4 Å². The Morgan fingerprint density at radius 1 is 1.36 bits per heavy atom. The lowest BCUT2D eigenvalue weighted by molar-refractivity contribution is -0.127. The molecule has 0 radical (unpaired) electrons. The van der Waals surface area contributed by atoms with Crippen LogP contribution in [0.3, 0.4) is 0 Å². The molecule has 0 aliphatic heterocycles. The Morgan fingerprint density at radius 3 is 2.59 bits per heavy atom. The average Bonchev–Trinajstić information content (AvgIpc) is 2.51. The third-order valence-electron chi connectivity index (χ3n) is 3.01. The van der Waals surface area contributed by atoms with E-state index in [1.165, 1.54) is 11.1 Å². The Labute approximate surface area is 130 Å². The van der Waals surface area contributed by atoms with E-state index in [9.17, 15) is 4.79 Å². The van der Waals surface area contributed by atoms with Crippen molar-refractivity contribution in [2.45, 2.75) is 13.5 Å². The predicted molar refractivity (Wildman–Crippen MR) is 82.5 cm³/mol. The van der Waals surface area contributed by atoms with Gasteiger partial charge in [0, 0.05) is 25.8 Å². The third-order valence-corrected chi connectivity index (χ3v) is 3.01. The van der Waals surface area contributed by atoms with Crippen LogP contribution in [0.1, 0.15) is 11.1 Å². The molecule has 0 saturated carbocycles. The lowest BCUT2D eigenvalue weighted by atomic mass is 10.1. The van der Waals surface area contributed by atoms with Crippen molar-refractivity contribution >= 4 is 5.91 Å². The maximum atomic E-state index is 12.1. The van der Waals surface area contributed by atoms with Crippen LogP contribution in [0.15, 0.2) is 36.0 Å². The second-order valence-corrected chi connectivity index (χ2v) is 4.78. The number of carbonyl (C=O) groups is 1. The molecule has 0 bridgehead atoms. The highest BCUT2D eigenvalue weighted by atomic mass is 16.3. The van der Waals surface area contributed by atoms with Gasteiger partial charge >= 0.3 is 0 Å². The van der Waals surface area contributed by atoms with E-state index in [0.717, 1.165) is 11.1 Å². The zero-order valence-corrected chi connectivity index (χ0v) is 12.6. The number of hydrogen-bond donors (Lipinski definition) is 3. The smallest absolute Gasteiger partial charge is 0.266 e. The molecule has 0 spiro atoms. The molecule has 22 heavy (non-hydrogen) atoms. The van der Waals surface area contributed by atoms with Crippen molar-refractivity contribution in [3.05, 3.63) is 47.2 Å². The SMILES string of the molecule is Cc1cccc(CN/C=C(/C#N)C(=O)N(CCO)CCO)c1. The topological polar surface area (TPSA) is 96.6 Å². The van der Waals surface area contributed by atoms with Gasteiger partial charge in [-0.05, 0) is 12.5 Å². The summed E-state index contributed by atoms with van der Waals surface area (Å²) >= 11 is 0. The van der Waals surface area contributed by atoms with Gasteiger partial charge in [0.25, 0.3) is 5.91 Å². The summed E-state index contributed by atoms with van der Waals surface area (Å²) in [4.78, 5) is 13.4. The highest BCUT2D eigenvalue weighted by Crippen LogP contribution is 2.04. The van der Waals surface area contributed by atoms with E-state index in [1.54, 1.807) is 0 Å². The summed E-state index contributed by atoms with van der Waals surface area (Å²) in [5, 5.41) is 29.9. The fraction of sp³-hybridized carbons (Fsp3) is 0.375. The summed E-state index contributed by atoms with van der Waals surface area (Å²) < 4.78 is 0. The molecule has 6 nitrogen and oxygen atoms in total. The van der Waals surface area contributed by atoms with E-state index >= 15 is 0 Å². The van der Waals surface area contributed by atoms with Crippen molar-refractivity contribution in [1.82, 2.24) is 10.2 Å². The summed E-state index contributed by atoms with van der Waals surface area (Å²) in [5.41, 5.74) is 2.12. The number of aliphatic hydroxyl groups is 2. The fourth-order valence-corrected chi connectivity index (χ4v) is 1.96. The van der Waals surface area contributed by atoms with Gasteiger partial charge in [-0.3, -0.25) is 4.79 Å². The molecule has 3 N–H and O–H groups in total. The molecule has 1 aromatic carbocycles. The number of benzene rings is 1. The van der Waals surface area contributed by atoms with Gasteiger partial charge in [-0.1, -0.05) is 29.8 Å². The molecule has 0 atom stereocenters. The summed E-state index contributed by atoms with van der Waals surface area (Å²) in [5.74, 6) is -0.512. The number of aryl methyl sites for hydroxylation is 1. The standard InChI is InChI=1S/C16H21N3O3/c1-13-3-2-4-14(9-13)11-18-12-15(10-17)16(22)19(5-7-20)6-8-21/h2-4,9,12,18,20-21H,5-8,11H2,1H3/b15-12-. The number of nitrogens with one attached hydrogen (secondary N) is 1. The van der Waals surface area contributed by atoms with Crippen LogP contribution in [-0.2, 0) is 11.3 Å². The first-order chi connectivity index (χ1) is 10.6. The van der Waals surface area contributed by atoms with Crippen LogP contribution >= 0.6 is 0 Å². The predicted octanol–water partition coefficient (Wildman–Crippen LogP) is 0.305. The first-order valence-corrected chi connectivity index (χ1v) is 7.02. The first-order valence-electron chi connectivity index (χ1n) is 7.02. The maximum absolute atomic E-state index is 12.1. The molecule has 0 fully saturated rings. The average molecular weight is 303 g/mol. The quantitative estimate of drug-likeness (QED) is 0.474. The van der Waals surface area contributed by atoms with Crippen LogP contribution in [-0.4, -0.2) is 47.3 Å². The van der Waals surface area contributed by atoms with Crippen LogP contribution in [0.5, 0.6) is 0 Å². The van der Waals surface area contributed by atoms with Crippen LogP contribution in [0.25, 0.3) is 0 Å². The van der Waals surface area contributed by atoms with E-state index in [4.69, 9.17) is 15.5 Å². The van der Waals surface area contributed by atoms with E-state index in [1.807, 2.05) is 37.3 Å². The molecule has 0 aliphatic rings. The Hall–Kier alpha value is -2.36. The van der Waals surface area contributed by atoms with Crippen molar-refractivity contribution in [3.8, 4) is 6.07 Å². The van der Waals surface area contributed by atoms with Crippen LogP contribution in [0.2, 0.25) is 0 Å². The molecule has 0 saturated heterocycles. The second-order valence-electron chi connectivity index (χ2n) is 4.78. The Morgan fingerprint density at radius 2 is 2.05 bits per heavy atom. The third kappa shape index (κ3) is 5.56. The Kier molecular flexibility index (Phi) is 7.68. The first kappa shape index (κ1) is 17.7. The molecule has 1 amide bonds. The minimum Gasteiger partial charge on any atom is -0.395 e. The number of nitriles is 1. The zero-order chi connectivity index (χ0) is 16.4. The molecule has 1 rings (SSSR count). The van der Waals surface area contributed by atoms with E-state index in [2.05, 4.69) is 5.32 Å². The van der Waals surface area contributed by atoms with E-state index in [-0.39, 0.29) is 31.9 Å². The molecule has 0 aliphatic carbocycles. The largest absolute Gasteiger partial charge is 0.395 e. The molecule has 0 unspecified atom stereocenters. The Balaban J connectivity index is 2.69. The van der Waals surface area contributed by atoms with E-state index in [0.29, 0.717) is 6.54 Å². The maximum Gasteiger partial charge on any atom is 0.266 e. The lowest BCUT2D eigenvalue weighted by Crippen LogP contribution is -2.37. The summed E-state index contributed by atoms with van der Waals surface area (Å²) in [6.07, 6.45) is 1.37. The Bertz CT molecular complexity index is 558. The van der Waals surface area contributed by atoms with Crippen LogP contribution in [0, 0.1) is 18.3 Å². The number of amides is 1. The van der Waals surface area contributed by atoms with Gasteiger partial charge in [-0.15, -0.1) is 0 Å². The van der Waals surface area contributed by atoms with Crippen molar-refractivity contribution < 1.29 is 15.0 Å². The second kappa shape index (κ2) is 9.55. The van der Waals surface area contributed by atoms with E-state index < -0.39 is 5.91 Å². The summed E-state index contributed by atoms with van der Waals surface area (Å²) in [7, 11) is 0. The molecule has 6 heteroatoms. The normalized spacial score (nSPS) is 10.9. The van der Waals surface area contributed by atoms with Gasteiger partial charge in [-0.2, -0.15) is 5.26 Å². The number of rotatable bonds is 8. The number of aliphatic hydroxyl groups excluding tert-OH is 2. The van der Waals surface area contributed by atoms with Gasteiger partial charge in [0.05, 0.1) is 13.2 Å². The molecule has 0 heterocycles. The molecule has 1 aromatic rings. The minimum absolute atomic E-state index is 0.0606. The van der Waals surface area contributed by atoms with Crippen molar-refractivity contribution in [1.29, 1.82) is 5.26 Å². The van der Waals surface area contributed by atoms with Crippen molar-refractivity contribution in [3.63, 3.8) is 0 Å². The minimum atomic E-state index is -0.512. The van der Waals surface area contributed by atoms with Gasteiger partial charge in [0.15, 0.2) is 0 Å². The molecule has 118 valence electrons. The van der Waals surface area contributed by atoms with Gasteiger partial charge in [-0.25, -0.2) is 0 Å². The highest BCUT2D eigenvalue weighted by molar-refractivity contribution is 5.97. The summed E-state index contributed by atoms with van der Waals surface area (Å²) in [6, 6.07) is 9.74. The zero-order valence-electron chi connectivity index (χ0n) is 12.6. The summed E-state index contributed by atoms with van der Waals surface area (Å²) in [6.45, 7) is 2.21. The lowest BCUT2D eigenvalue weighted by Gasteiger charge is -2.20. The number of carbonyl (C=O) groups excluding carboxylic acids is 1. The number of hydrogen-bond acceptors (Lipinski definition) is 5. The van der Waals surface area contributed by atoms with Crippen molar-refractivity contribution in [2.75, 3.05) is 26.3 Å². The van der Waals surface area contributed by atoms with Crippen LogP contribution in [0.4, 0.5) is 0 Å². The highest BCUT2D eigenvalue weighted by Gasteiger charge is 2.17. The number of nitrogens with zero attached hydrogens (tertiary/aromatic N) is 2. The fourth-order valence-electron chi connectivity index (χ4n) is 1.96. The van der Waals surface area contributed by atoms with Gasteiger partial charge in [0.2, 0.25) is 0 Å². The monoisotopic (exact) mass is 303 g/mol. The molecule has 0 aromatic heterocycles. The van der Waals surface area contributed by atoms with Crippen molar-refractivity contribution in [2.24, 2.45) is 0 Å². The van der Waals surface area contributed by atoms with Crippen LogP contribution < -0.4 is 5.32 Å². The molecular weight excluding hydrogens is 282 g/mol.